The number of ether oxygens (including phenoxy) is 2. The topological polar surface area (TPSA) is 67.9 Å². The summed E-state index contributed by atoms with van der Waals surface area (Å²) in [5.41, 5.74) is 0.949. The molecule has 0 bridgehead atoms. The zero-order valence-electron chi connectivity index (χ0n) is 13.7. The number of benzene rings is 1. The fourth-order valence-corrected chi connectivity index (χ4v) is 4.10. The van der Waals surface area contributed by atoms with Gasteiger partial charge in [-0.3, -0.25) is 0 Å². The second-order valence-electron chi connectivity index (χ2n) is 6.52. The van der Waals surface area contributed by atoms with E-state index in [1.54, 1.807) is 0 Å². The highest BCUT2D eigenvalue weighted by atomic mass is 32.2. The van der Waals surface area contributed by atoms with Crippen molar-refractivity contribution >= 4 is 10.2 Å². The first-order valence-corrected chi connectivity index (χ1v) is 9.44. The molecule has 0 saturated heterocycles. The van der Waals surface area contributed by atoms with Crippen LogP contribution < -0.4 is 14.2 Å². The van der Waals surface area contributed by atoms with Crippen LogP contribution in [-0.2, 0) is 15.6 Å². The molecule has 0 radical (unpaired) electrons. The molecule has 23 heavy (non-hydrogen) atoms. The van der Waals surface area contributed by atoms with Crippen molar-refractivity contribution in [2.75, 3.05) is 27.4 Å². The number of fused-ring (bicyclic) bond motifs is 1. The van der Waals surface area contributed by atoms with Crippen molar-refractivity contribution < 1.29 is 17.9 Å². The third-order valence-electron chi connectivity index (χ3n) is 4.87. The predicted octanol–water partition coefficient (Wildman–Crippen LogP) is 2.01. The molecule has 2 aliphatic rings. The van der Waals surface area contributed by atoms with Gasteiger partial charge < -0.3 is 9.47 Å². The van der Waals surface area contributed by atoms with E-state index in [0.29, 0.717) is 6.54 Å². The van der Waals surface area contributed by atoms with Gasteiger partial charge in [-0.05, 0) is 30.5 Å². The standard InChI is InChI=1S/C16H24N2O4S/c1-18(2)23(19,20)17-11-16(8-4-3-5-9-16)13-6-7-14-15(10-13)22-12-21-14/h6-7,10,17H,3-5,8-9,11-12H2,1-2H3. The first-order chi connectivity index (χ1) is 10.9. The molecule has 1 aliphatic heterocycles. The molecular formula is C16H24N2O4S. The Bertz CT molecular complexity index is 667. The molecule has 1 aromatic carbocycles. The molecule has 0 amide bonds. The zero-order valence-corrected chi connectivity index (χ0v) is 14.5. The smallest absolute Gasteiger partial charge is 0.278 e. The van der Waals surface area contributed by atoms with Crippen LogP contribution in [-0.4, -0.2) is 40.2 Å². The van der Waals surface area contributed by atoms with E-state index in [4.69, 9.17) is 9.47 Å². The summed E-state index contributed by atoms with van der Waals surface area (Å²) in [5.74, 6) is 1.51. The van der Waals surface area contributed by atoms with Crippen LogP contribution >= 0.6 is 0 Å². The monoisotopic (exact) mass is 340 g/mol. The van der Waals surface area contributed by atoms with E-state index in [-0.39, 0.29) is 12.2 Å². The van der Waals surface area contributed by atoms with Crippen LogP contribution in [0.25, 0.3) is 0 Å². The van der Waals surface area contributed by atoms with Crippen molar-refractivity contribution in [3.63, 3.8) is 0 Å². The van der Waals surface area contributed by atoms with Crippen LogP contribution in [0.5, 0.6) is 11.5 Å². The minimum absolute atomic E-state index is 0.178. The molecule has 0 atom stereocenters. The number of hydrogen-bond donors (Lipinski definition) is 1. The Morgan fingerprint density at radius 1 is 1.13 bits per heavy atom. The molecule has 3 rings (SSSR count). The Labute approximate surface area is 138 Å². The second-order valence-corrected chi connectivity index (χ2v) is 8.49. The van der Waals surface area contributed by atoms with Crippen LogP contribution in [0.4, 0.5) is 0 Å². The van der Waals surface area contributed by atoms with Crippen molar-refractivity contribution in [2.45, 2.75) is 37.5 Å². The average Bonchev–Trinajstić information content (AvgIpc) is 3.01. The van der Waals surface area contributed by atoms with Crippen LogP contribution in [0.15, 0.2) is 18.2 Å². The van der Waals surface area contributed by atoms with E-state index in [1.807, 2.05) is 18.2 Å². The van der Waals surface area contributed by atoms with Gasteiger partial charge in [0.1, 0.15) is 0 Å². The fraction of sp³-hybridized carbons (Fsp3) is 0.625. The molecule has 128 valence electrons. The molecule has 0 aromatic heterocycles. The first kappa shape index (κ1) is 16.5. The lowest BCUT2D eigenvalue weighted by atomic mass is 9.69. The molecule has 0 unspecified atom stereocenters. The minimum Gasteiger partial charge on any atom is -0.454 e. The van der Waals surface area contributed by atoms with E-state index in [0.717, 1.165) is 42.7 Å². The van der Waals surface area contributed by atoms with Gasteiger partial charge in [0.15, 0.2) is 11.5 Å². The van der Waals surface area contributed by atoms with E-state index < -0.39 is 10.2 Å². The molecule has 1 aliphatic carbocycles. The fourth-order valence-electron chi connectivity index (χ4n) is 3.38. The quantitative estimate of drug-likeness (QED) is 0.890. The summed E-state index contributed by atoms with van der Waals surface area (Å²) in [5, 5.41) is 0. The lowest BCUT2D eigenvalue weighted by Crippen LogP contribution is -2.45. The van der Waals surface area contributed by atoms with Gasteiger partial charge in [-0.25, -0.2) is 4.72 Å². The van der Waals surface area contributed by atoms with Gasteiger partial charge in [0.2, 0.25) is 6.79 Å². The average molecular weight is 340 g/mol. The lowest BCUT2D eigenvalue weighted by Gasteiger charge is -2.38. The molecule has 1 fully saturated rings. The summed E-state index contributed by atoms with van der Waals surface area (Å²) >= 11 is 0. The molecule has 1 heterocycles. The SMILES string of the molecule is CN(C)S(=O)(=O)NCC1(c2ccc3c(c2)OCO3)CCCCC1. The molecule has 1 N–H and O–H groups in total. The molecule has 0 spiro atoms. The van der Waals surface area contributed by atoms with Crippen LogP contribution in [0.1, 0.15) is 37.7 Å². The van der Waals surface area contributed by atoms with E-state index >= 15 is 0 Å². The second kappa shape index (κ2) is 6.30. The maximum Gasteiger partial charge on any atom is 0.278 e. The van der Waals surface area contributed by atoms with Gasteiger partial charge in [-0.2, -0.15) is 12.7 Å². The molecule has 1 saturated carbocycles. The summed E-state index contributed by atoms with van der Waals surface area (Å²) in [4.78, 5) is 0. The Hall–Kier alpha value is -1.31. The molecular weight excluding hydrogens is 316 g/mol. The van der Waals surface area contributed by atoms with Gasteiger partial charge in [0, 0.05) is 26.1 Å². The highest BCUT2D eigenvalue weighted by Crippen LogP contribution is 2.43. The zero-order chi connectivity index (χ0) is 16.5. The third-order valence-corrected chi connectivity index (χ3v) is 6.34. The number of nitrogens with one attached hydrogen (secondary N) is 1. The Morgan fingerprint density at radius 2 is 1.83 bits per heavy atom. The number of nitrogens with zero attached hydrogens (tertiary/aromatic N) is 1. The van der Waals surface area contributed by atoms with Gasteiger partial charge in [0.25, 0.3) is 10.2 Å². The Kier molecular flexibility index (Phi) is 4.53. The van der Waals surface area contributed by atoms with Gasteiger partial charge in [-0.15, -0.1) is 0 Å². The van der Waals surface area contributed by atoms with Gasteiger partial charge in [0.05, 0.1) is 0 Å². The van der Waals surface area contributed by atoms with Gasteiger partial charge in [-0.1, -0.05) is 25.3 Å². The number of rotatable bonds is 5. The van der Waals surface area contributed by atoms with Crippen LogP contribution in [0, 0.1) is 0 Å². The summed E-state index contributed by atoms with van der Waals surface area (Å²) < 4.78 is 39.0. The van der Waals surface area contributed by atoms with Crippen LogP contribution in [0.3, 0.4) is 0 Å². The first-order valence-electron chi connectivity index (χ1n) is 8.00. The summed E-state index contributed by atoms with van der Waals surface area (Å²) in [6.45, 7) is 0.659. The summed E-state index contributed by atoms with van der Waals surface area (Å²) in [6.07, 6.45) is 5.37. The maximum atomic E-state index is 12.1. The van der Waals surface area contributed by atoms with Crippen molar-refractivity contribution in [1.82, 2.24) is 9.03 Å². The highest BCUT2D eigenvalue weighted by Gasteiger charge is 2.36. The molecule has 6 nitrogen and oxygen atoms in total. The summed E-state index contributed by atoms with van der Waals surface area (Å²) in [7, 11) is -0.352. The lowest BCUT2D eigenvalue weighted by molar-refractivity contribution is 0.174. The summed E-state index contributed by atoms with van der Waals surface area (Å²) in [6, 6.07) is 5.98. The van der Waals surface area contributed by atoms with E-state index in [1.165, 1.54) is 24.8 Å². The minimum atomic E-state index is -3.43. The van der Waals surface area contributed by atoms with Gasteiger partial charge >= 0.3 is 0 Å². The Morgan fingerprint density at radius 3 is 2.52 bits per heavy atom. The van der Waals surface area contributed by atoms with Crippen LogP contribution in [0.2, 0.25) is 0 Å². The van der Waals surface area contributed by atoms with Crippen molar-refractivity contribution in [2.24, 2.45) is 0 Å². The van der Waals surface area contributed by atoms with E-state index in [9.17, 15) is 8.42 Å². The van der Waals surface area contributed by atoms with Crippen molar-refractivity contribution in [1.29, 1.82) is 0 Å². The molecule has 1 aromatic rings. The van der Waals surface area contributed by atoms with Crippen molar-refractivity contribution in [3.05, 3.63) is 23.8 Å². The highest BCUT2D eigenvalue weighted by molar-refractivity contribution is 7.87. The largest absolute Gasteiger partial charge is 0.454 e. The normalized spacial score (nSPS) is 20.0. The number of hydrogen-bond acceptors (Lipinski definition) is 4. The van der Waals surface area contributed by atoms with E-state index in [2.05, 4.69) is 4.72 Å². The Balaban J connectivity index is 1.88. The predicted molar refractivity (Wildman–Crippen MR) is 87.9 cm³/mol. The van der Waals surface area contributed by atoms with Crippen molar-refractivity contribution in [3.8, 4) is 11.5 Å². The third kappa shape index (κ3) is 3.32. The molecule has 7 heteroatoms. The maximum absolute atomic E-state index is 12.1.